The minimum Gasteiger partial charge on any atom is -0.296 e. The molecule has 86 valence electrons. The molecule has 0 aliphatic rings. The second-order valence-corrected chi connectivity index (χ2v) is 3.35. The molecule has 0 saturated heterocycles. The lowest BCUT2D eigenvalue weighted by atomic mass is 10.1. The third kappa shape index (κ3) is 2.50. The van der Waals surface area contributed by atoms with Crippen molar-refractivity contribution in [3.63, 3.8) is 0 Å². The fourth-order valence-electron chi connectivity index (χ4n) is 1.36. The number of aromatic nitrogens is 2. The van der Waals surface area contributed by atoms with Crippen molar-refractivity contribution in [3.8, 4) is 11.4 Å². The molecule has 1 heterocycles. The maximum absolute atomic E-state index is 12.3. The summed E-state index contributed by atoms with van der Waals surface area (Å²) in [6, 6.07) is 7.12. The van der Waals surface area contributed by atoms with Gasteiger partial charge in [-0.2, -0.15) is 0 Å². The van der Waals surface area contributed by atoms with E-state index in [0.29, 0.717) is 17.7 Å². The summed E-state index contributed by atoms with van der Waals surface area (Å²) < 4.78 is 24.7. The molecule has 0 atom stereocenters. The Hall–Kier alpha value is -2.17. The van der Waals surface area contributed by atoms with Crippen LogP contribution in [0.15, 0.2) is 36.5 Å². The first-order valence-electron chi connectivity index (χ1n) is 4.87. The first-order valence-corrected chi connectivity index (χ1v) is 4.87. The van der Waals surface area contributed by atoms with Crippen molar-refractivity contribution >= 4 is 6.29 Å². The van der Waals surface area contributed by atoms with E-state index < -0.39 is 6.43 Å². The molecule has 0 bridgehead atoms. The minimum atomic E-state index is -2.49. The summed E-state index contributed by atoms with van der Waals surface area (Å²) in [6.45, 7) is 0. The highest BCUT2D eigenvalue weighted by atomic mass is 19.3. The van der Waals surface area contributed by atoms with Crippen molar-refractivity contribution in [2.45, 2.75) is 6.43 Å². The quantitative estimate of drug-likeness (QED) is 0.767. The molecule has 0 saturated carbocycles. The molecule has 2 aromatic rings. The Bertz CT molecular complexity index is 526. The number of aldehydes is 1. The average Bonchev–Trinajstić information content (AvgIpc) is 2.39. The Morgan fingerprint density at radius 3 is 2.41 bits per heavy atom. The van der Waals surface area contributed by atoms with Crippen LogP contribution in [0.2, 0.25) is 0 Å². The predicted octanol–water partition coefficient (Wildman–Crippen LogP) is 2.89. The van der Waals surface area contributed by atoms with Crippen molar-refractivity contribution in [3.05, 3.63) is 47.8 Å². The van der Waals surface area contributed by atoms with E-state index in [4.69, 9.17) is 0 Å². The van der Waals surface area contributed by atoms with E-state index in [-0.39, 0.29) is 11.3 Å². The van der Waals surface area contributed by atoms with E-state index in [0.717, 1.165) is 0 Å². The highest BCUT2D eigenvalue weighted by Crippen LogP contribution is 2.22. The van der Waals surface area contributed by atoms with Gasteiger partial charge in [-0.1, -0.05) is 24.3 Å². The number of alkyl halides is 2. The van der Waals surface area contributed by atoms with Gasteiger partial charge in [0.2, 0.25) is 0 Å². The minimum absolute atomic E-state index is 0.0553. The number of carbonyl (C=O) groups is 1. The van der Waals surface area contributed by atoms with Gasteiger partial charge in [0.25, 0.3) is 6.43 Å². The Morgan fingerprint density at radius 2 is 1.82 bits per heavy atom. The van der Waals surface area contributed by atoms with Crippen LogP contribution >= 0.6 is 0 Å². The first-order chi connectivity index (χ1) is 8.20. The number of hydrogen-bond donors (Lipinski definition) is 0. The number of benzene rings is 1. The maximum Gasteiger partial charge on any atom is 0.263 e. The molecule has 0 spiro atoms. The van der Waals surface area contributed by atoms with Crippen molar-refractivity contribution < 1.29 is 13.6 Å². The molecule has 0 aliphatic heterocycles. The van der Waals surface area contributed by atoms with Gasteiger partial charge in [0.05, 0.1) is 0 Å². The van der Waals surface area contributed by atoms with E-state index in [1.54, 1.807) is 0 Å². The van der Waals surface area contributed by atoms with Gasteiger partial charge in [-0.3, -0.25) is 4.79 Å². The lowest BCUT2D eigenvalue weighted by molar-refractivity contribution is 0.111. The normalized spacial score (nSPS) is 10.5. The topological polar surface area (TPSA) is 42.9 Å². The number of carbonyl (C=O) groups excluding carboxylic acids is 1. The summed E-state index contributed by atoms with van der Waals surface area (Å²) in [7, 11) is 0. The van der Waals surface area contributed by atoms with Crippen LogP contribution < -0.4 is 0 Å². The SMILES string of the molecule is O=Cc1ccnc(-c2ccc(C(F)F)cc2)n1. The predicted molar refractivity (Wildman–Crippen MR) is 57.8 cm³/mol. The third-order valence-electron chi connectivity index (χ3n) is 2.22. The van der Waals surface area contributed by atoms with E-state index in [1.807, 2.05) is 0 Å². The molecule has 0 aliphatic carbocycles. The molecule has 1 aromatic heterocycles. The van der Waals surface area contributed by atoms with Gasteiger partial charge >= 0.3 is 0 Å². The number of hydrogen-bond acceptors (Lipinski definition) is 3. The Labute approximate surface area is 96.2 Å². The lowest BCUT2D eigenvalue weighted by Crippen LogP contribution is -1.93. The van der Waals surface area contributed by atoms with Gasteiger partial charge in [-0.15, -0.1) is 0 Å². The van der Waals surface area contributed by atoms with Crippen LogP contribution in [0.3, 0.4) is 0 Å². The molecule has 3 nitrogen and oxygen atoms in total. The smallest absolute Gasteiger partial charge is 0.263 e. The summed E-state index contributed by atoms with van der Waals surface area (Å²) in [4.78, 5) is 18.5. The lowest BCUT2D eigenvalue weighted by Gasteiger charge is -2.02. The van der Waals surface area contributed by atoms with Crippen LogP contribution in [0.5, 0.6) is 0 Å². The molecule has 17 heavy (non-hydrogen) atoms. The summed E-state index contributed by atoms with van der Waals surface area (Å²) in [5.74, 6) is 0.343. The molecule has 1 aromatic carbocycles. The monoisotopic (exact) mass is 234 g/mol. The zero-order chi connectivity index (χ0) is 12.3. The van der Waals surface area contributed by atoms with E-state index in [1.165, 1.54) is 36.5 Å². The summed E-state index contributed by atoms with van der Waals surface area (Å²) >= 11 is 0. The van der Waals surface area contributed by atoms with Gasteiger partial charge < -0.3 is 0 Å². The Morgan fingerprint density at radius 1 is 1.12 bits per heavy atom. The Balaban J connectivity index is 2.36. The standard InChI is InChI=1S/C12H8F2N2O/c13-11(14)8-1-3-9(4-2-8)12-15-6-5-10(7-17)16-12/h1-7,11H. The van der Waals surface area contributed by atoms with Gasteiger partial charge in [-0.05, 0) is 6.07 Å². The van der Waals surface area contributed by atoms with Crippen LogP contribution in [0, 0.1) is 0 Å². The molecule has 0 fully saturated rings. The van der Waals surface area contributed by atoms with Gasteiger partial charge in [-0.25, -0.2) is 18.7 Å². The average molecular weight is 234 g/mol. The number of halogens is 2. The van der Waals surface area contributed by atoms with Gasteiger partial charge in [0.15, 0.2) is 12.1 Å². The molecule has 0 amide bonds. The summed E-state index contributed by atoms with van der Waals surface area (Å²) in [6.07, 6.45) is -0.433. The first kappa shape index (κ1) is 11.3. The zero-order valence-corrected chi connectivity index (χ0v) is 8.68. The fourth-order valence-corrected chi connectivity index (χ4v) is 1.36. The fraction of sp³-hybridized carbons (Fsp3) is 0.0833. The number of nitrogens with zero attached hydrogens (tertiary/aromatic N) is 2. The van der Waals surface area contributed by atoms with Crippen LogP contribution in [0.1, 0.15) is 22.5 Å². The highest BCUT2D eigenvalue weighted by molar-refractivity contribution is 5.72. The third-order valence-corrected chi connectivity index (χ3v) is 2.22. The molecular formula is C12H8F2N2O. The second kappa shape index (κ2) is 4.78. The highest BCUT2D eigenvalue weighted by Gasteiger charge is 2.07. The van der Waals surface area contributed by atoms with Crippen LogP contribution in [0.4, 0.5) is 8.78 Å². The summed E-state index contributed by atoms with van der Waals surface area (Å²) in [5.41, 5.74) is 0.798. The molecule has 0 N–H and O–H groups in total. The van der Waals surface area contributed by atoms with E-state index in [2.05, 4.69) is 9.97 Å². The van der Waals surface area contributed by atoms with Crippen molar-refractivity contribution in [1.29, 1.82) is 0 Å². The Kier molecular flexibility index (Phi) is 3.18. The molecule has 2 rings (SSSR count). The largest absolute Gasteiger partial charge is 0.296 e. The maximum atomic E-state index is 12.3. The van der Waals surface area contributed by atoms with Gasteiger partial charge in [0.1, 0.15) is 5.69 Å². The second-order valence-electron chi connectivity index (χ2n) is 3.35. The molecule has 0 unspecified atom stereocenters. The molecule has 5 heteroatoms. The zero-order valence-electron chi connectivity index (χ0n) is 8.68. The van der Waals surface area contributed by atoms with Crippen molar-refractivity contribution in [2.24, 2.45) is 0 Å². The van der Waals surface area contributed by atoms with Gasteiger partial charge in [0, 0.05) is 17.3 Å². The number of rotatable bonds is 3. The molecule has 0 radical (unpaired) electrons. The van der Waals surface area contributed by atoms with E-state index >= 15 is 0 Å². The van der Waals surface area contributed by atoms with Crippen LogP contribution in [-0.4, -0.2) is 16.3 Å². The summed E-state index contributed by atoms with van der Waals surface area (Å²) in [5, 5.41) is 0. The van der Waals surface area contributed by atoms with Crippen molar-refractivity contribution in [2.75, 3.05) is 0 Å². The van der Waals surface area contributed by atoms with Crippen LogP contribution in [-0.2, 0) is 0 Å². The van der Waals surface area contributed by atoms with Crippen LogP contribution in [0.25, 0.3) is 11.4 Å². The molecular weight excluding hydrogens is 226 g/mol. The van der Waals surface area contributed by atoms with Crippen molar-refractivity contribution in [1.82, 2.24) is 9.97 Å². The van der Waals surface area contributed by atoms with E-state index in [9.17, 15) is 13.6 Å².